The summed E-state index contributed by atoms with van der Waals surface area (Å²) in [6.45, 7) is 8.22. The van der Waals surface area contributed by atoms with Crippen molar-refractivity contribution in [2.45, 2.75) is 27.3 Å². The molecule has 0 saturated carbocycles. The topological polar surface area (TPSA) is 33.2 Å². The predicted molar refractivity (Wildman–Crippen MR) is 65.0 cm³/mol. The highest BCUT2D eigenvalue weighted by molar-refractivity contribution is 5.82. The summed E-state index contributed by atoms with van der Waals surface area (Å²) < 4.78 is 0. The molecule has 3 nitrogen and oxygen atoms in total. The molecule has 0 radical (unpaired) electrons. The Bertz CT molecular complexity index is 322. The molecule has 0 saturated heterocycles. The van der Waals surface area contributed by atoms with E-state index in [-0.39, 0.29) is 5.92 Å². The number of rotatable bonds is 6. The SMILES string of the molecule is CCN(CC(=O)C(C)C)Cc1ccncc1. The molecule has 0 atom stereocenters. The van der Waals surface area contributed by atoms with Gasteiger partial charge in [0, 0.05) is 24.9 Å². The summed E-state index contributed by atoms with van der Waals surface area (Å²) in [5.74, 6) is 0.419. The third-order valence-electron chi connectivity index (χ3n) is 2.63. The van der Waals surface area contributed by atoms with Crippen molar-refractivity contribution >= 4 is 5.78 Å². The van der Waals surface area contributed by atoms with Crippen LogP contribution in [-0.2, 0) is 11.3 Å². The number of carbonyl (C=O) groups excluding carboxylic acids is 1. The standard InChI is InChI=1S/C13H20N2O/c1-4-15(10-13(16)11(2)3)9-12-5-7-14-8-6-12/h5-8,11H,4,9-10H2,1-3H3. The third kappa shape index (κ3) is 4.11. The Morgan fingerprint density at radius 3 is 2.50 bits per heavy atom. The Morgan fingerprint density at radius 1 is 1.38 bits per heavy atom. The van der Waals surface area contributed by atoms with E-state index >= 15 is 0 Å². The van der Waals surface area contributed by atoms with E-state index < -0.39 is 0 Å². The van der Waals surface area contributed by atoms with Gasteiger partial charge in [-0.05, 0) is 24.2 Å². The molecule has 0 spiro atoms. The van der Waals surface area contributed by atoms with E-state index in [9.17, 15) is 4.79 Å². The maximum absolute atomic E-state index is 11.6. The molecule has 0 amide bonds. The lowest BCUT2D eigenvalue weighted by Gasteiger charge is -2.20. The smallest absolute Gasteiger partial charge is 0.149 e. The number of pyridine rings is 1. The van der Waals surface area contributed by atoms with E-state index in [0.29, 0.717) is 12.3 Å². The van der Waals surface area contributed by atoms with Crippen molar-refractivity contribution in [3.8, 4) is 0 Å². The van der Waals surface area contributed by atoms with E-state index in [1.165, 1.54) is 5.56 Å². The maximum Gasteiger partial charge on any atom is 0.149 e. The van der Waals surface area contributed by atoms with Crippen molar-refractivity contribution in [2.75, 3.05) is 13.1 Å². The molecule has 1 aromatic rings. The molecule has 88 valence electrons. The van der Waals surface area contributed by atoms with Crippen molar-refractivity contribution in [1.82, 2.24) is 9.88 Å². The number of ketones is 1. The summed E-state index contributed by atoms with van der Waals surface area (Å²) in [4.78, 5) is 17.8. The average molecular weight is 220 g/mol. The van der Waals surface area contributed by atoms with Crippen LogP contribution in [0.3, 0.4) is 0 Å². The second kappa shape index (κ2) is 6.38. The van der Waals surface area contributed by atoms with Crippen LogP contribution in [0.5, 0.6) is 0 Å². The van der Waals surface area contributed by atoms with Crippen LogP contribution in [0.15, 0.2) is 24.5 Å². The van der Waals surface area contributed by atoms with Crippen LogP contribution in [0, 0.1) is 5.92 Å². The summed E-state index contributed by atoms with van der Waals surface area (Å²) >= 11 is 0. The zero-order chi connectivity index (χ0) is 12.0. The molecule has 0 bridgehead atoms. The Kier molecular flexibility index (Phi) is 5.12. The van der Waals surface area contributed by atoms with Gasteiger partial charge in [-0.1, -0.05) is 20.8 Å². The van der Waals surface area contributed by atoms with Gasteiger partial charge in [0.2, 0.25) is 0 Å². The van der Waals surface area contributed by atoms with Gasteiger partial charge in [-0.15, -0.1) is 0 Å². The number of carbonyl (C=O) groups is 1. The van der Waals surface area contributed by atoms with Crippen LogP contribution in [0.2, 0.25) is 0 Å². The maximum atomic E-state index is 11.6. The molecule has 0 aromatic carbocycles. The lowest BCUT2D eigenvalue weighted by molar-refractivity contribution is -0.123. The Hall–Kier alpha value is -1.22. The second-order valence-electron chi connectivity index (χ2n) is 4.28. The highest BCUT2D eigenvalue weighted by atomic mass is 16.1. The molecule has 3 heteroatoms. The van der Waals surface area contributed by atoms with E-state index in [2.05, 4.69) is 16.8 Å². The highest BCUT2D eigenvalue weighted by Gasteiger charge is 2.12. The van der Waals surface area contributed by atoms with Gasteiger partial charge in [-0.3, -0.25) is 14.7 Å². The Morgan fingerprint density at radius 2 is 2.00 bits per heavy atom. The molecule has 16 heavy (non-hydrogen) atoms. The molecule has 0 aliphatic rings. The number of Topliss-reactive ketones (excluding diaryl/α,β-unsaturated/α-hetero) is 1. The quantitative estimate of drug-likeness (QED) is 0.736. The van der Waals surface area contributed by atoms with Gasteiger partial charge in [0.1, 0.15) is 5.78 Å². The molecular formula is C13H20N2O. The third-order valence-corrected chi connectivity index (χ3v) is 2.63. The van der Waals surface area contributed by atoms with Crippen LogP contribution in [0.25, 0.3) is 0 Å². The molecule has 1 heterocycles. The Labute approximate surface area is 97.5 Å². The van der Waals surface area contributed by atoms with Gasteiger partial charge >= 0.3 is 0 Å². The largest absolute Gasteiger partial charge is 0.298 e. The molecule has 0 unspecified atom stereocenters. The van der Waals surface area contributed by atoms with Crippen LogP contribution in [-0.4, -0.2) is 28.8 Å². The minimum atomic E-state index is 0.117. The molecular weight excluding hydrogens is 200 g/mol. The van der Waals surface area contributed by atoms with Crippen LogP contribution < -0.4 is 0 Å². The molecule has 0 aliphatic carbocycles. The minimum absolute atomic E-state index is 0.117. The van der Waals surface area contributed by atoms with Crippen molar-refractivity contribution in [1.29, 1.82) is 0 Å². The molecule has 1 rings (SSSR count). The van der Waals surface area contributed by atoms with E-state index in [1.54, 1.807) is 12.4 Å². The number of likely N-dealkylation sites (N-methyl/N-ethyl adjacent to an activating group) is 1. The monoisotopic (exact) mass is 220 g/mol. The molecule has 1 aromatic heterocycles. The van der Waals surface area contributed by atoms with Gasteiger partial charge in [-0.2, -0.15) is 0 Å². The first kappa shape index (κ1) is 12.8. The molecule has 0 N–H and O–H groups in total. The second-order valence-corrected chi connectivity index (χ2v) is 4.28. The van der Waals surface area contributed by atoms with Gasteiger partial charge in [0.15, 0.2) is 0 Å². The Balaban J connectivity index is 2.53. The van der Waals surface area contributed by atoms with Crippen molar-refractivity contribution < 1.29 is 4.79 Å². The lowest BCUT2D eigenvalue weighted by atomic mass is 10.1. The van der Waals surface area contributed by atoms with E-state index in [1.807, 2.05) is 26.0 Å². The number of aromatic nitrogens is 1. The first-order chi connectivity index (χ1) is 7.63. The summed E-state index contributed by atoms with van der Waals surface area (Å²) in [5, 5.41) is 0. The van der Waals surface area contributed by atoms with Gasteiger partial charge in [0.05, 0.1) is 6.54 Å². The van der Waals surface area contributed by atoms with Gasteiger partial charge in [0.25, 0.3) is 0 Å². The summed E-state index contributed by atoms with van der Waals surface area (Å²) in [6, 6.07) is 3.98. The zero-order valence-corrected chi connectivity index (χ0v) is 10.3. The van der Waals surface area contributed by atoms with Crippen molar-refractivity contribution in [3.63, 3.8) is 0 Å². The fourth-order valence-corrected chi connectivity index (χ4v) is 1.43. The van der Waals surface area contributed by atoms with E-state index in [4.69, 9.17) is 0 Å². The van der Waals surface area contributed by atoms with Gasteiger partial charge < -0.3 is 0 Å². The molecule has 0 aliphatic heterocycles. The summed E-state index contributed by atoms with van der Waals surface area (Å²) in [5.41, 5.74) is 1.20. The van der Waals surface area contributed by atoms with Crippen molar-refractivity contribution in [2.24, 2.45) is 5.92 Å². The minimum Gasteiger partial charge on any atom is -0.298 e. The van der Waals surface area contributed by atoms with Crippen molar-refractivity contribution in [3.05, 3.63) is 30.1 Å². The average Bonchev–Trinajstić information content (AvgIpc) is 2.29. The van der Waals surface area contributed by atoms with Crippen LogP contribution >= 0.6 is 0 Å². The number of nitrogens with zero attached hydrogens (tertiary/aromatic N) is 2. The highest BCUT2D eigenvalue weighted by Crippen LogP contribution is 2.04. The molecule has 0 fully saturated rings. The normalized spacial score (nSPS) is 11.1. The van der Waals surface area contributed by atoms with Crippen LogP contribution in [0.4, 0.5) is 0 Å². The van der Waals surface area contributed by atoms with Crippen LogP contribution in [0.1, 0.15) is 26.3 Å². The van der Waals surface area contributed by atoms with E-state index in [0.717, 1.165) is 13.1 Å². The summed E-state index contributed by atoms with van der Waals surface area (Å²) in [6.07, 6.45) is 3.57. The fourth-order valence-electron chi connectivity index (χ4n) is 1.43. The predicted octanol–water partition coefficient (Wildman–Crippen LogP) is 2.13. The first-order valence-electron chi connectivity index (χ1n) is 5.77. The summed E-state index contributed by atoms with van der Waals surface area (Å²) in [7, 11) is 0. The van der Waals surface area contributed by atoms with Gasteiger partial charge in [-0.25, -0.2) is 0 Å². The lowest BCUT2D eigenvalue weighted by Crippen LogP contribution is -2.31. The first-order valence-corrected chi connectivity index (χ1v) is 5.77. The number of hydrogen-bond acceptors (Lipinski definition) is 3. The number of hydrogen-bond donors (Lipinski definition) is 0. The fraction of sp³-hybridized carbons (Fsp3) is 0.538. The zero-order valence-electron chi connectivity index (χ0n) is 10.3.